The van der Waals surface area contributed by atoms with E-state index in [-0.39, 0.29) is 23.5 Å². The Morgan fingerprint density at radius 2 is 1.86 bits per heavy atom. The number of nitrogens with zero attached hydrogens (tertiary/aromatic N) is 2. The number of aromatic nitrogens is 1. The fraction of sp³-hybridized carbons (Fsp3) is 0.0909. The second-order valence-electron chi connectivity index (χ2n) is 6.29. The van der Waals surface area contributed by atoms with Crippen molar-refractivity contribution < 1.29 is 14.0 Å². The van der Waals surface area contributed by atoms with Crippen LogP contribution in [0.25, 0.3) is 17.0 Å². The summed E-state index contributed by atoms with van der Waals surface area (Å²) in [5, 5.41) is 0.548. The van der Waals surface area contributed by atoms with Crippen LogP contribution in [0.3, 0.4) is 0 Å². The smallest absolute Gasteiger partial charge is 0.294 e. The SMILES string of the molecule is C#CCN1C(=O)SC(=Cc2cn(Cc3ccccc3F)c3ccccc23)C1=O. The van der Waals surface area contributed by atoms with Gasteiger partial charge in [0.15, 0.2) is 0 Å². The zero-order valence-electron chi connectivity index (χ0n) is 14.8. The molecule has 0 N–H and O–H groups in total. The van der Waals surface area contributed by atoms with E-state index < -0.39 is 0 Å². The van der Waals surface area contributed by atoms with Crippen LogP contribution in [0.2, 0.25) is 0 Å². The van der Waals surface area contributed by atoms with E-state index in [1.54, 1.807) is 24.3 Å². The highest BCUT2D eigenvalue weighted by Gasteiger charge is 2.34. The van der Waals surface area contributed by atoms with E-state index in [9.17, 15) is 14.0 Å². The molecule has 0 unspecified atom stereocenters. The first kappa shape index (κ1) is 18.1. The van der Waals surface area contributed by atoms with Gasteiger partial charge in [-0.3, -0.25) is 14.5 Å². The number of halogens is 1. The van der Waals surface area contributed by atoms with Gasteiger partial charge in [-0.15, -0.1) is 6.42 Å². The Hall–Kier alpha value is -3.30. The molecule has 0 saturated carbocycles. The molecule has 1 aliphatic heterocycles. The largest absolute Gasteiger partial charge is 0.342 e. The lowest BCUT2D eigenvalue weighted by molar-refractivity contribution is -0.122. The molecule has 2 aromatic carbocycles. The molecule has 28 heavy (non-hydrogen) atoms. The highest BCUT2D eigenvalue weighted by Crippen LogP contribution is 2.34. The molecular formula is C22H15FN2O2S. The Morgan fingerprint density at radius 3 is 2.64 bits per heavy atom. The van der Waals surface area contributed by atoms with Crippen molar-refractivity contribution >= 4 is 39.9 Å². The molecule has 6 heteroatoms. The number of hydrogen-bond donors (Lipinski definition) is 0. The minimum absolute atomic E-state index is 0.0446. The van der Waals surface area contributed by atoms with Crippen LogP contribution < -0.4 is 0 Å². The topological polar surface area (TPSA) is 42.3 Å². The summed E-state index contributed by atoms with van der Waals surface area (Å²) in [6.07, 6.45) is 8.80. The van der Waals surface area contributed by atoms with Gasteiger partial charge in [0.2, 0.25) is 0 Å². The van der Waals surface area contributed by atoms with Gasteiger partial charge >= 0.3 is 0 Å². The van der Waals surface area contributed by atoms with Crippen LogP contribution in [0.15, 0.2) is 59.6 Å². The molecule has 0 bridgehead atoms. The van der Waals surface area contributed by atoms with E-state index in [2.05, 4.69) is 5.92 Å². The number of imide groups is 1. The van der Waals surface area contributed by atoms with Crippen molar-refractivity contribution in [2.45, 2.75) is 6.54 Å². The lowest BCUT2D eigenvalue weighted by Crippen LogP contribution is -2.28. The Bertz CT molecular complexity index is 1170. The zero-order valence-corrected chi connectivity index (χ0v) is 15.6. The van der Waals surface area contributed by atoms with E-state index in [0.29, 0.717) is 17.0 Å². The van der Waals surface area contributed by atoms with Crippen LogP contribution in [0.5, 0.6) is 0 Å². The van der Waals surface area contributed by atoms with Crippen LogP contribution in [0.1, 0.15) is 11.1 Å². The van der Waals surface area contributed by atoms with Gasteiger partial charge in [-0.2, -0.15) is 0 Å². The third-order valence-corrected chi connectivity index (χ3v) is 5.43. The molecule has 2 heterocycles. The first-order valence-electron chi connectivity index (χ1n) is 8.58. The third-order valence-electron chi connectivity index (χ3n) is 4.53. The van der Waals surface area contributed by atoms with Crippen molar-refractivity contribution in [2.24, 2.45) is 0 Å². The van der Waals surface area contributed by atoms with E-state index in [1.807, 2.05) is 35.0 Å². The monoisotopic (exact) mass is 390 g/mol. The number of amides is 2. The maximum Gasteiger partial charge on any atom is 0.294 e. The molecular weight excluding hydrogens is 375 g/mol. The molecule has 1 fully saturated rings. The lowest BCUT2D eigenvalue weighted by Gasteiger charge is -2.06. The number of carbonyl (C=O) groups is 2. The normalized spacial score (nSPS) is 15.6. The summed E-state index contributed by atoms with van der Waals surface area (Å²) >= 11 is 0.875. The van der Waals surface area contributed by atoms with E-state index in [4.69, 9.17) is 6.42 Å². The Balaban J connectivity index is 1.75. The van der Waals surface area contributed by atoms with Gasteiger partial charge in [0.1, 0.15) is 5.82 Å². The third kappa shape index (κ3) is 3.21. The molecule has 0 atom stereocenters. The molecule has 0 spiro atoms. The molecule has 3 aromatic rings. The molecule has 4 nitrogen and oxygen atoms in total. The van der Waals surface area contributed by atoms with Crippen molar-refractivity contribution in [2.75, 3.05) is 6.54 Å². The van der Waals surface area contributed by atoms with Gasteiger partial charge in [0, 0.05) is 28.2 Å². The van der Waals surface area contributed by atoms with E-state index in [1.165, 1.54) is 6.07 Å². The van der Waals surface area contributed by atoms with Crippen molar-refractivity contribution in [3.05, 3.63) is 76.6 Å². The van der Waals surface area contributed by atoms with Crippen molar-refractivity contribution in [3.8, 4) is 12.3 Å². The standard InChI is InChI=1S/C22H15FN2O2S/c1-2-11-25-21(26)20(28-22(25)27)12-16-14-24(19-10-6-4-8-17(16)19)13-15-7-3-5-9-18(15)23/h1,3-10,12,14H,11,13H2. The lowest BCUT2D eigenvalue weighted by atomic mass is 10.1. The van der Waals surface area contributed by atoms with Crippen LogP contribution in [-0.4, -0.2) is 27.2 Å². The van der Waals surface area contributed by atoms with Crippen LogP contribution >= 0.6 is 11.8 Å². The van der Waals surface area contributed by atoms with Crippen LogP contribution in [0, 0.1) is 18.2 Å². The highest BCUT2D eigenvalue weighted by molar-refractivity contribution is 8.18. The van der Waals surface area contributed by atoms with E-state index in [0.717, 1.165) is 33.1 Å². The number of terminal acetylenes is 1. The molecule has 4 rings (SSSR count). The average Bonchev–Trinajstić information content (AvgIpc) is 3.17. The number of thioether (sulfide) groups is 1. The highest BCUT2D eigenvalue weighted by atomic mass is 32.2. The number of rotatable bonds is 4. The maximum absolute atomic E-state index is 14.1. The summed E-state index contributed by atoms with van der Waals surface area (Å²) < 4.78 is 16.0. The molecule has 0 aliphatic carbocycles. The molecule has 138 valence electrons. The number of para-hydroxylation sites is 1. The van der Waals surface area contributed by atoms with Gasteiger partial charge in [-0.1, -0.05) is 42.3 Å². The summed E-state index contributed by atoms with van der Waals surface area (Å²) in [4.78, 5) is 25.8. The maximum atomic E-state index is 14.1. The summed E-state index contributed by atoms with van der Waals surface area (Å²) in [5.74, 6) is 1.67. The minimum atomic E-state index is -0.390. The number of benzene rings is 2. The van der Waals surface area contributed by atoms with Gasteiger partial charge in [0.25, 0.3) is 11.1 Å². The van der Waals surface area contributed by atoms with Crippen molar-refractivity contribution in [1.29, 1.82) is 0 Å². The molecule has 1 aromatic heterocycles. The molecule has 1 saturated heterocycles. The van der Waals surface area contributed by atoms with Gasteiger partial charge in [-0.25, -0.2) is 4.39 Å². The molecule has 1 aliphatic rings. The minimum Gasteiger partial charge on any atom is -0.342 e. The van der Waals surface area contributed by atoms with Crippen molar-refractivity contribution in [1.82, 2.24) is 9.47 Å². The predicted molar refractivity (Wildman–Crippen MR) is 109 cm³/mol. The van der Waals surface area contributed by atoms with Gasteiger partial charge in [-0.05, 0) is 30.0 Å². The quantitative estimate of drug-likeness (QED) is 0.487. The van der Waals surface area contributed by atoms with Crippen molar-refractivity contribution in [3.63, 3.8) is 0 Å². The average molecular weight is 390 g/mol. The zero-order chi connectivity index (χ0) is 19.7. The van der Waals surface area contributed by atoms with Gasteiger partial charge < -0.3 is 4.57 Å². The Morgan fingerprint density at radius 1 is 1.11 bits per heavy atom. The van der Waals surface area contributed by atoms with Crippen LogP contribution in [-0.2, 0) is 11.3 Å². The second-order valence-corrected chi connectivity index (χ2v) is 7.29. The number of fused-ring (bicyclic) bond motifs is 1. The fourth-order valence-electron chi connectivity index (χ4n) is 3.20. The summed E-state index contributed by atoms with van der Waals surface area (Å²) in [7, 11) is 0. The predicted octanol–water partition coefficient (Wildman–Crippen LogP) is 4.50. The first-order chi connectivity index (χ1) is 13.6. The molecule has 2 amide bonds. The Kier molecular flexibility index (Phi) is 4.76. The molecule has 0 radical (unpaired) electrons. The summed E-state index contributed by atoms with van der Waals surface area (Å²) in [5.41, 5.74) is 2.28. The van der Waals surface area contributed by atoms with E-state index >= 15 is 0 Å². The summed E-state index contributed by atoms with van der Waals surface area (Å²) in [6, 6.07) is 14.3. The van der Waals surface area contributed by atoms with Gasteiger partial charge in [0.05, 0.1) is 18.0 Å². The first-order valence-corrected chi connectivity index (χ1v) is 9.40. The summed E-state index contributed by atoms with van der Waals surface area (Å²) in [6.45, 7) is 0.316. The van der Waals surface area contributed by atoms with Crippen LogP contribution in [0.4, 0.5) is 9.18 Å². The number of hydrogen-bond acceptors (Lipinski definition) is 3. The number of carbonyl (C=O) groups excluding carboxylic acids is 2. The second kappa shape index (κ2) is 7.37. The Labute approximate surface area is 165 Å². The fourth-order valence-corrected chi connectivity index (χ4v) is 4.03.